The second-order valence-corrected chi connectivity index (χ2v) is 5.91. The summed E-state index contributed by atoms with van der Waals surface area (Å²) in [4.78, 5) is 23.1. The minimum absolute atomic E-state index is 0.216. The molecule has 6 nitrogen and oxygen atoms in total. The summed E-state index contributed by atoms with van der Waals surface area (Å²) >= 11 is 0. The number of ether oxygens (including phenoxy) is 2. The zero-order chi connectivity index (χ0) is 17.1. The van der Waals surface area contributed by atoms with E-state index < -0.39 is 30.3 Å². The van der Waals surface area contributed by atoms with Crippen LogP contribution in [0.15, 0.2) is 34.9 Å². The minimum atomic E-state index is -0.810. The van der Waals surface area contributed by atoms with Crippen LogP contribution in [0.3, 0.4) is 0 Å². The molecule has 6 heteroatoms. The molecule has 3 atom stereocenters. The van der Waals surface area contributed by atoms with E-state index in [0.29, 0.717) is 29.6 Å². The molecule has 23 heavy (non-hydrogen) atoms. The summed E-state index contributed by atoms with van der Waals surface area (Å²) in [5.74, 6) is -0.987. The van der Waals surface area contributed by atoms with E-state index in [-0.39, 0.29) is 18.6 Å². The van der Waals surface area contributed by atoms with Crippen LogP contribution in [0, 0.1) is 0 Å². The first kappa shape index (κ1) is 17.4. The van der Waals surface area contributed by atoms with Crippen LogP contribution in [-0.4, -0.2) is 47.1 Å². The summed E-state index contributed by atoms with van der Waals surface area (Å²) in [7, 11) is 0. The molecular formula is C17H22O6. The van der Waals surface area contributed by atoms with E-state index in [2.05, 4.69) is 6.58 Å². The Morgan fingerprint density at radius 3 is 2.78 bits per heavy atom. The minimum Gasteiger partial charge on any atom is -0.458 e. The van der Waals surface area contributed by atoms with Crippen LogP contribution in [0.4, 0.5) is 0 Å². The van der Waals surface area contributed by atoms with Gasteiger partial charge in [-0.3, -0.25) is 4.79 Å². The number of hydrogen-bond donors (Lipinski definition) is 2. The summed E-state index contributed by atoms with van der Waals surface area (Å²) in [6, 6.07) is 0. The number of aliphatic hydroxyl groups excluding tert-OH is 2. The first-order valence-corrected chi connectivity index (χ1v) is 7.58. The van der Waals surface area contributed by atoms with E-state index >= 15 is 0 Å². The average Bonchev–Trinajstić information content (AvgIpc) is 2.77. The van der Waals surface area contributed by atoms with Crippen molar-refractivity contribution in [2.75, 3.05) is 6.61 Å². The van der Waals surface area contributed by atoms with Gasteiger partial charge in [0.05, 0.1) is 18.3 Å². The van der Waals surface area contributed by atoms with Crippen molar-refractivity contribution in [1.82, 2.24) is 0 Å². The van der Waals surface area contributed by atoms with E-state index in [1.54, 1.807) is 13.0 Å². The van der Waals surface area contributed by atoms with Crippen molar-refractivity contribution >= 4 is 11.9 Å². The Hall–Kier alpha value is -1.92. The molecule has 0 saturated heterocycles. The van der Waals surface area contributed by atoms with Crippen molar-refractivity contribution in [3.63, 3.8) is 0 Å². The molecule has 0 spiro atoms. The Balaban J connectivity index is 2.41. The van der Waals surface area contributed by atoms with Gasteiger partial charge < -0.3 is 19.7 Å². The van der Waals surface area contributed by atoms with Crippen molar-refractivity contribution in [3.05, 3.63) is 34.9 Å². The third-order valence-corrected chi connectivity index (χ3v) is 4.22. The van der Waals surface area contributed by atoms with Crippen LogP contribution in [0.2, 0.25) is 0 Å². The van der Waals surface area contributed by atoms with E-state index in [1.807, 2.05) is 0 Å². The average molecular weight is 322 g/mol. The molecule has 0 fully saturated rings. The third kappa shape index (κ3) is 3.89. The molecule has 0 aromatic heterocycles. The Morgan fingerprint density at radius 2 is 2.17 bits per heavy atom. The van der Waals surface area contributed by atoms with E-state index in [9.17, 15) is 19.8 Å². The van der Waals surface area contributed by atoms with E-state index in [4.69, 9.17) is 9.47 Å². The molecular weight excluding hydrogens is 300 g/mol. The van der Waals surface area contributed by atoms with Crippen molar-refractivity contribution < 1.29 is 29.3 Å². The van der Waals surface area contributed by atoms with E-state index in [0.717, 1.165) is 0 Å². The fraction of sp³-hybridized carbons (Fsp3) is 0.529. The number of carbonyl (C=O) groups excluding carboxylic acids is 2. The summed E-state index contributed by atoms with van der Waals surface area (Å²) in [5.41, 5.74) is 2.22. The molecule has 0 amide bonds. The van der Waals surface area contributed by atoms with Crippen LogP contribution >= 0.6 is 0 Å². The lowest BCUT2D eigenvalue weighted by molar-refractivity contribution is -0.146. The Bertz CT molecular complexity index is 586. The second kappa shape index (κ2) is 7.10. The molecule has 1 aliphatic carbocycles. The highest BCUT2D eigenvalue weighted by atomic mass is 16.6. The largest absolute Gasteiger partial charge is 0.458 e. The molecule has 0 radical (unpaired) electrons. The number of carbonyl (C=O) groups is 2. The highest BCUT2D eigenvalue weighted by Gasteiger charge is 2.34. The van der Waals surface area contributed by atoms with Gasteiger partial charge >= 0.3 is 11.9 Å². The number of aliphatic hydroxyl groups is 2. The maximum Gasteiger partial charge on any atom is 0.337 e. The highest BCUT2D eigenvalue weighted by Crippen LogP contribution is 2.32. The fourth-order valence-corrected chi connectivity index (χ4v) is 2.86. The summed E-state index contributed by atoms with van der Waals surface area (Å²) < 4.78 is 10.6. The van der Waals surface area contributed by atoms with Crippen molar-refractivity contribution in [2.24, 2.45) is 0 Å². The molecule has 1 aliphatic heterocycles. The van der Waals surface area contributed by atoms with Crippen LogP contribution in [0.25, 0.3) is 0 Å². The zero-order valence-electron chi connectivity index (χ0n) is 13.4. The summed E-state index contributed by atoms with van der Waals surface area (Å²) in [5, 5.41) is 19.6. The predicted molar refractivity (Wildman–Crippen MR) is 82.3 cm³/mol. The van der Waals surface area contributed by atoms with Gasteiger partial charge in [0.25, 0.3) is 0 Å². The normalized spacial score (nSPS) is 31.1. The lowest BCUT2D eigenvalue weighted by Crippen LogP contribution is -2.27. The highest BCUT2D eigenvalue weighted by molar-refractivity contribution is 5.93. The maximum atomic E-state index is 11.9. The predicted octanol–water partition coefficient (Wildman–Crippen LogP) is 1.18. The Labute approximate surface area is 135 Å². The van der Waals surface area contributed by atoms with Crippen LogP contribution in [0.5, 0.6) is 0 Å². The lowest BCUT2D eigenvalue weighted by Gasteiger charge is -2.25. The van der Waals surface area contributed by atoms with Gasteiger partial charge in [-0.15, -0.1) is 0 Å². The molecule has 2 rings (SSSR count). The van der Waals surface area contributed by atoms with Crippen LogP contribution in [-0.2, 0) is 19.1 Å². The number of esters is 2. The number of hydrogen-bond acceptors (Lipinski definition) is 6. The standard InChI is InChI=1S/C17H22O6/c1-9-4-5-12-13(8-18)17(21)23-16(12)6-10(2)15(7-14(9)20)22-11(3)19/h6,14-16,18,20H,1,4-5,7-8H2,2-3H3/b10-6+/t14-,15+,16-/m1/s1. The van der Waals surface area contributed by atoms with Gasteiger partial charge in [0.15, 0.2) is 0 Å². The molecule has 0 aromatic carbocycles. The monoisotopic (exact) mass is 322 g/mol. The third-order valence-electron chi connectivity index (χ3n) is 4.22. The van der Waals surface area contributed by atoms with Crippen molar-refractivity contribution in [1.29, 1.82) is 0 Å². The Kier molecular flexibility index (Phi) is 5.38. The number of fused-ring (bicyclic) bond motifs is 1. The first-order chi connectivity index (χ1) is 10.8. The molecule has 2 N–H and O–H groups in total. The zero-order valence-corrected chi connectivity index (χ0v) is 13.4. The molecule has 1 heterocycles. The van der Waals surface area contributed by atoms with Gasteiger partial charge in [-0.2, -0.15) is 0 Å². The summed E-state index contributed by atoms with van der Waals surface area (Å²) in [6.45, 7) is 6.54. The fourth-order valence-electron chi connectivity index (χ4n) is 2.86. The summed E-state index contributed by atoms with van der Waals surface area (Å²) in [6.07, 6.45) is 0.867. The number of rotatable bonds is 2. The second-order valence-electron chi connectivity index (χ2n) is 5.91. The SMILES string of the molecule is C=C1CCC2=C(CO)C(=O)O[C@@H]2/C=C(\C)[C@@H](OC(C)=O)C[C@H]1O. The lowest BCUT2D eigenvalue weighted by atomic mass is 9.90. The molecule has 0 unspecified atom stereocenters. The van der Waals surface area contributed by atoms with Crippen LogP contribution < -0.4 is 0 Å². The van der Waals surface area contributed by atoms with Crippen molar-refractivity contribution in [3.8, 4) is 0 Å². The van der Waals surface area contributed by atoms with Gasteiger partial charge in [-0.05, 0) is 42.6 Å². The quantitative estimate of drug-likeness (QED) is 0.586. The smallest absolute Gasteiger partial charge is 0.337 e. The molecule has 126 valence electrons. The topological polar surface area (TPSA) is 93.1 Å². The Morgan fingerprint density at radius 1 is 1.48 bits per heavy atom. The van der Waals surface area contributed by atoms with Crippen molar-refractivity contribution in [2.45, 2.75) is 51.4 Å². The van der Waals surface area contributed by atoms with Gasteiger partial charge in [-0.25, -0.2) is 4.79 Å². The van der Waals surface area contributed by atoms with Gasteiger partial charge in [0, 0.05) is 13.3 Å². The molecule has 0 bridgehead atoms. The molecule has 0 saturated carbocycles. The van der Waals surface area contributed by atoms with Crippen LogP contribution in [0.1, 0.15) is 33.1 Å². The van der Waals surface area contributed by atoms with E-state index in [1.165, 1.54) is 6.92 Å². The van der Waals surface area contributed by atoms with Gasteiger partial charge in [0.2, 0.25) is 0 Å². The van der Waals surface area contributed by atoms with Gasteiger partial charge in [-0.1, -0.05) is 6.58 Å². The first-order valence-electron chi connectivity index (χ1n) is 7.58. The maximum absolute atomic E-state index is 11.9. The molecule has 0 aromatic rings. The van der Waals surface area contributed by atoms with Gasteiger partial charge in [0.1, 0.15) is 12.2 Å². The molecule has 2 aliphatic rings.